The molecule has 0 amide bonds. The molecule has 224 valence electrons. The van der Waals surface area contributed by atoms with Crippen molar-refractivity contribution in [3.05, 3.63) is 76.3 Å². The number of ether oxygens (including phenoxy) is 3. The average molecular weight is 582 g/mol. The summed E-state index contributed by atoms with van der Waals surface area (Å²) in [6.45, 7) is 0.118. The quantitative estimate of drug-likeness (QED) is 0.225. The Bertz CT molecular complexity index is 1440. The third-order valence-electron chi connectivity index (χ3n) is 8.69. The zero-order chi connectivity index (χ0) is 29.7. The second-order valence-corrected chi connectivity index (χ2v) is 11.2. The van der Waals surface area contributed by atoms with Crippen LogP contribution in [0, 0.1) is 0 Å². The Labute approximate surface area is 242 Å². The highest BCUT2D eigenvalue weighted by molar-refractivity contribution is 5.53. The number of hydrogen-bond donors (Lipinski definition) is 7. The number of aliphatic hydroxyl groups is 4. The molecular formula is C31H35NO10. The minimum absolute atomic E-state index is 0.0204. The molecule has 0 radical (unpaired) electrons. The van der Waals surface area contributed by atoms with Crippen molar-refractivity contribution in [2.75, 3.05) is 20.3 Å². The van der Waals surface area contributed by atoms with E-state index < -0.39 is 37.3 Å². The molecule has 3 aliphatic heterocycles. The molecule has 3 aromatic carbocycles. The fourth-order valence-corrected chi connectivity index (χ4v) is 6.47. The van der Waals surface area contributed by atoms with Crippen molar-refractivity contribution in [1.29, 1.82) is 0 Å². The molecule has 6 rings (SSSR count). The molecule has 3 aromatic rings. The molecule has 0 spiro atoms. The molecule has 0 aromatic heterocycles. The van der Waals surface area contributed by atoms with Gasteiger partial charge in [0.1, 0.15) is 30.2 Å². The van der Waals surface area contributed by atoms with Gasteiger partial charge in [-0.3, -0.25) is 4.90 Å². The topological polar surface area (TPSA) is 173 Å². The molecule has 7 atom stereocenters. The minimum Gasteiger partial charge on any atom is -0.508 e. The van der Waals surface area contributed by atoms with Crippen LogP contribution in [0.15, 0.2) is 48.5 Å². The SMILES string of the molecule is COc1cc2c(cc1O)C1Cc3cc(O)c(OC4OC(CO)C(O)C(O)C4O)cc3C(Cc3ccc(O)cc3)N1CC2. The number of hydrogen-bond acceptors (Lipinski definition) is 11. The van der Waals surface area contributed by atoms with Crippen molar-refractivity contribution in [2.24, 2.45) is 0 Å². The van der Waals surface area contributed by atoms with Crippen LogP contribution in [0.2, 0.25) is 0 Å². The molecule has 0 aliphatic carbocycles. The van der Waals surface area contributed by atoms with Gasteiger partial charge in [0.2, 0.25) is 6.29 Å². The van der Waals surface area contributed by atoms with Gasteiger partial charge < -0.3 is 50.0 Å². The molecule has 11 heteroatoms. The smallest absolute Gasteiger partial charge is 0.229 e. The van der Waals surface area contributed by atoms with Crippen molar-refractivity contribution < 1.29 is 50.0 Å². The van der Waals surface area contributed by atoms with Crippen LogP contribution < -0.4 is 9.47 Å². The minimum atomic E-state index is -1.63. The third kappa shape index (κ3) is 5.02. The first-order chi connectivity index (χ1) is 20.2. The summed E-state index contributed by atoms with van der Waals surface area (Å²) in [6, 6.07) is 13.7. The molecular weight excluding hydrogens is 546 g/mol. The van der Waals surface area contributed by atoms with Gasteiger partial charge in [0.25, 0.3) is 0 Å². The van der Waals surface area contributed by atoms with Gasteiger partial charge in [-0.25, -0.2) is 0 Å². The fraction of sp³-hybridized carbons (Fsp3) is 0.419. The van der Waals surface area contributed by atoms with Gasteiger partial charge in [-0.15, -0.1) is 0 Å². The van der Waals surface area contributed by atoms with Crippen molar-refractivity contribution in [3.8, 4) is 28.7 Å². The first-order valence-electron chi connectivity index (χ1n) is 13.9. The van der Waals surface area contributed by atoms with Crippen LogP contribution >= 0.6 is 0 Å². The summed E-state index contributed by atoms with van der Waals surface area (Å²) in [5.74, 6) is 0.470. The van der Waals surface area contributed by atoms with Crippen molar-refractivity contribution in [3.63, 3.8) is 0 Å². The molecule has 3 aliphatic rings. The summed E-state index contributed by atoms with van der Waals surface area (Å²) >= 11 is 0. The largest absolute Gasteiger partial charge is 0.508 e. The normalized spacial score (nSPS) is 28.8. The number of aliphatic hydroxyl groups excluding tert-OH is 4. The van der Waals surface area contributed by atoms with E-state index in [4.69, 9.17) is 14.2 Å². The summed E-state index contributed by atoms with van der Waals surface area (Å²) in [6.07, 6.45) is -5.52. The van der Waals surface area contributed by atoms with Crippen LogP contribution in [0.5, 0.6) is 28.7 Å². The highest BCUT2D eigenvalue weighted by Gasteiger charge is 2.45. The van der Waals surface area contributed by atoms with Gasteiger partial charge in [0, 0.05) is 18.6 Å². The molecule has 0 bridgehead atoms. The van der Waals surface area contributed by atoms with E-state index >= 15 is 0 Å². The Balaban J connectivity index is 1.39. The molecule has 7 N–H and O–H groups in total. The number of phenolic OH excluding ortho intramolecular Hbond substituents is 3. The summed E-state index contributed by atoms with van der Waals surface area (Å²) in [4.78, 5) is 2.36. The number of fused-ring (bicyclic) bond motifs is 4. The van der Waals surface area contributed by atoms with Crippen LogP contribution in [-0.4, -0.2) is 91.6 Å². The number of rotatable bonds is 6. The first kappa shape index (κ1) is 28.5. The zero-order valence-electron chi connectivity index (χ0n) is 23.0. The van der Waals surface area contributed by atoms with Gasteiger partial charge in [0.15, 0.2) is 23.0 Å². The lowest BCUT2D eigenvalue weighted by atomic mass is 9.79. The number of benzene rings is 3. The van der Waals surface area contributed by atoms with E-state index in [2.05, 4.69) is 4.90 Å². The summed E-state index contributed by atoms with van der Waals surface area (Å²) < 4.78 is 16.7. The van der Waals surface area contributed by atoms with Gasteiger partial charge in [-0.2, -0.15) is 0 Å². The maximum absolute atomic E-state index is 11.0. The van der Waals surface area contributed by atoms with Gasteiger partial charge in [-0.05, 0) is 83.5 Å². The molecule has 7 unspecified atom stereocenters. The van der Waals surface area contributed by atoms with Gasteiger partial charge in [-0.1, -0.05) is 12.1 Å². The van der Waals surface area contributed by atoms with Crippen LogP contribution in [-0.2, 0) is 24.0 Å². The number of aromatic hydroxyl groups is 3. The van der Waals surface area contributed by atoms with E-state index in [9.17, 15) is 35.7 Å². The highest BCUT2D eigenvalue weighted by Crippen LogP contribution is 2.49. The maximum atomic E-state index is 11.0. The standard InChI is InChI=1S/C31H35NO10/c1-40-25-11-16-6-7-32-21(8-15-2-4-18(34)5-3-15)20-13-26(41-31-30(39)29(38)28(37)27(14-33)42-31)23(35)10-17(20)9-22(32)19(16)12-24(25)36/h2-5,10-13,21-22,27-31,33-39H,6-9,14H2,1H3. The molecule has 0 saturated carbocycles. The summed E-state index contributed by atoms with van der Waals surface area (Å²) in [5, 5.41) is 71.8. The Kier molecular flexibility index (Phi) is 7.64. The van der Waals surface area contributed by atoms with Crippen LogP contribution in [0.3, 0.4) is 0 Å². The molecule has 1 fully saturated rings. The second-order valence-electron chi connectivity index (χ2n) is 11.2. The van der Waals surface area contributed by atoms with Crippen molar-refractivity contribution in [1.82, 2.24) is 4.90 Å². The lowest BCUT2D eigenvalue weighted by molar-refractivity contribution is -0.277. The van der Waals surface area contributed by atoms with Crippen LogP contribution in [0.25, 0.3) is 0 Å². The number of nitrogens with zero attached hydrogens (tertiary/aromatic N) is 1. The summed E-state index contributed by atoms with van der Waals surface area (Å²) in [7, 11) is 1.52. The Hall–Kier alpha value is -3.58. The zero-order valence-corrected chi connectivity index (χ0v) is 23.0. The van der Waals surface area contributed by atoms with Gasteiger partial charge >= 0.3 is 0 Å². The van der Waals surface area contributed by atoms with Gasteiger partial charge in [0.05, 0.1) is 13.7 Å². The highest BCUT2D eigenvalue weighted by atomic mass is 16.7. The van der Waals surface area contributed by atoms with E-state index in [0.717, 1.165) is 40.8 Å². The van der Waals surface area contributed by atoms with Crippen LogP contribution in [0.4, 0.5) is 0 Å². The van der Waals surface area contributed by atoms with E-state index in [1.807, 2.05) is 18.2 Å². The molecule has 3 heterocycles. The van der Waals surface area contributed by atoms with Crippen molar-refractivity contribution in [2.45, 2.75) is 62.1 Å². The van der Waals surface area contributed by atoms with Crippen LogP contribution in [0.1, 0.15) is 39.9 Å². The summed E-state index contributed by atoms with van der Waals surface area (Å²) in [5.41, 5.74) is 4.82. The molecule has 1 saturated heterocycles. The van der Waals surface area contributed by atoms with E-state index in [1.165, 1.54) is 7.11 Å². The van der Waals surface area contributed by atoms with E-state index in [-0.39, 0.29) is 35.1 Å². The predicted octanol–water partition coefficient (Wildman–Crippen LogP) is 1.43. The maximum Gasteiger partial charge on any atom is 0.229 e. The van der Waals surface area contributed by atoms with E-state index in [1.54, 1.807) is 30.3 Å². The average Bonchev–Trinajstić information content (AvgIpc) is 2.98. The predicted molar refractivity (Wildman–Crippen MR) is 149 cm³/mol. The molecule has 42 heavy (non-hydrogen) atoms. The third-order valence-corrected chi connectivity index (χ3v) is 8.69. The number of phenols is 3. The Morgan fingerprint density at radius 2 is 1.60 bits per heavy atom. The fourth-order valence-electron chi connectivity index (χ4n) is 6.47. The lowest BCUT2D eigenvalue weighted by Crippen LogP contribution is -2.60. The monoisotopic (exact) mass is 581 g/mol. The second kappa shape index (κ2) is 11.3. The Morgan fingerprint density at radius 1 is 0.857 bits per heavy atom. The Morgan fingerprint density at radius 3 is 2.31 bits per heavy atom. The number of methoxy groups -OCH3 is 1. The lowest BCUT2D eigenvalue weighted by Gasteiger charge is -2.47. The van der Waals surface area contributed by atoms with Crippen molar-refractivity contribution >= 4 is 0 Å². The first-order valence-corrected chi connectivity index (χ1v) is 13.9. The molecule has 11 nitrogen and oxygen atoms in total. The van der Waals surface area contributed by atoms with E-state index in [0.29, 0.717) is 18.6 Å².